The van der Waals surface area contributed by atoms with Crippen LogP contribution in [0.3, 0.4) is 0 Å². The maximum atomic E-state index is 12.5. The molecule has 2 aromatic heterocycles. The number of hydrogen-bond donors (Lipinski definition) is 1. The number of thiophene rings is 1. The lowest BCUT2D eigenvalue weighted by molar-refractivity contribution is -0.117. The fraction of sp³-hybridized carbons (Fsp3) is 0.286. The summed E-state index contributed by atoms with van der Waals surface area (Å²) in [5.41, 5.74) is 2.50. The van der Waals surface area contributed by atoms with E-state index in [0.717, 1.165) is 53.5 Å². The van der Waals surface area contributed by atoms with Gasteiger partial charge in [0.15, 0.2) is 0 Å². The van der Waals surface area contributed by atoms with Crippen LogP contribution in [0.25, 0.3) is 21.8 Å². The van der Waals surface area contributed by atoms with Crippen molar-refractivity contribution in [2.75, 3.05) is 32.1 Å². The number of hydrogen-bond acceptors (Lipinski definition) is 6. The summed E-state index contributed by atoms with van der Waals surface area (Å²) >= 11 is 1.61. The van der Waals surface area contributed by atoms with E-state index in [9.17, 15) is 4.79 Å². The lowest BCUT2D eigenvalue weighted by atomic mass is 10.1. The number of nitrogens with one attached hydrogen (secondary N) is 1. The van der Waals surface area contributed by atoms with E-state index in [1.54, 1.807) is 18.4 Å². The second-order valence-electron chi connectivity index (χ2n) is 6.70. The molecule has 0 unspecified atom stereocenters. The summed E-state index contributed by atoms with van der Waals surface area (Å²) in [6, 6.07) is 13.7. The van der Waals surface area contributed by atoms with Gasteiger partial charge in [-0.2, -0.15) is 0 Å². The van der Waals surface area contributed by atoms with E-state index in [4.69, 9.17) is 4.74 Å². The molecule has 1 saturated heterocycles. The maximum absolute atomic E-state index is 12.5. The minimum absolute atomic E-state index is 0.0779. The standard InChI is InChI=1S/C21H22N4O2S/c1-27-16-8-6-15(7-9-16)17-13-18(19-5-4-12-28-19)23-21(22-17)24-20(26)14-25-10-2-3-11-25/h4-9,12-13H,2-3,10-11,14H2,1H3,(H,22,23,24,26). The van der Waals surface area contributed by atoms with E-state index in [0.29, 0.717) is 12.5 Å². The molecule has 28 heavy (non-hydrogen) atoms. The predicted octanol–water partition coefficient (Wildman–Crippen LogP) is 3.92. The van der Waals surface area contributed by atoms with Crippen molar-refractivity contribution >= 4 is 23.2 Å². The first-order valence-electron chi connectivity index (χ1n) is 9.31. The van der Waals surface area contributed by atoms with Crippen molar-refractivity contribution in [2.45, 2.75) is 12.8 Å². The Kier molecular flexibility index (Phi) is 5.64. The van der Waals surface area contributed by atoms with Crippen LogP contribution in [0.1, 0.15) is 12.8 Å². The zero-order chi connectivity index (χ0) is 19.3. The topological polar surface area (TPSA) is 67.3 Å². The van der Waals surface area contributed by atoms with Crippen LogP contribution in [0.2, 0.25) is 0 Å². The summed E-state index contributed by atoms with van der Waals surface area (Å²) in [5, 5.41) is 4.89. The molecule has 6 nitrogen and oxygen atoms in total. The molecule has 4 rings (SSSR count). The molecule has 1 fully saturated rings. The Bertz CT molecular complexity index is 936. The zero-order valence-electron chi connectivity index (χ0n) is 15.7. The number of methoxy groups -OCH3 is 1. The number of aromatic nitrogens is 2. The van der Waals surface area contributed by atoms with E-state index in [2.05, 4.69) is 20.2 Å². The molecule has 3 heterocycles. The molecule has 0 saturated carbocycles. The summed E-state index contributed by atoms with van der Waals surface area (Å²) in [6.07, 6.45) is 2.30. The van der Waals surface area contributed by atoms with Crippen LogP contribution in [0.5, 0.6) is 5.75 Å². The largest absolute Gasteiger partial charge is 0.497 e. The number of anilines is 1. The Labute approximate surface area is 168 Å². The maximum Gasteiger partial charge on any atom is 0.240 e. The Morgan fingerprint density at radius 2 is 1.89 bits per heavy atom. The van der Waals surface area contributed by atoms with Gasteiger partial charge in [-0.15, -0.1) is 11.3 Å². The van der Waals surface area contributed by atoms with Crippen LogP contribution >= 0.6 is 11.3 Å². The lowest BCUT2D eigenvalue weighted by Gasteiger charge is -2.14. The molecule has 0 aliphatic carbocycles. The Morgan fingerprint density at radius 3 is 2.57 bits per heavy atom. The van der Waals surface area contributed by atoms with Crippen LogP contribution in [0.15, 0.2) is 47.8 Å². The quantitative estimate of drug-likeness (QED) is 0.686. The molecule has 0 radical (unpaired) electrons. The minimum atomic E-state index is -0.0779. The van der Waals surface area contributed by atoms with Gasteiger partial charge in [0.05, 0.1) is 29.9 Å². The van der Waals surface area contributed by atoms with Crippen LogP contribution in [0.4, 0.5) is 5.95 Å². The summed E-state index contributed by atoms with van der Waals surface area (Å²) in [4.78, 5) is 24.8. The molecule has 7 heteroatoms. The normalized spacial score (nSPS) is 14.2. The molecular weight excluding hydrogens is 372 g/mol. The summed E-state index contributed by atoms with van der Waals surface area (Å²) in [7, 11) is 1.64. The molecule has 144 valence electrons. The van der Waals surface area contributed by atoms with Crippen molar-refractivity contribution in [1.29, 1.82) is 0 Å². The molecule has 3 aromatic rings. The Morgan fingerprint density at radius 1 is 1.14 bits per heavy atom. The van der Waals surface area contributed by atoms with E-state index >= 15 is 0 Å². The zero-order valence-corrected chi connectivity index (χ0v) is 16.5. The van der Waals surface area contributed by atoms with E-state index < -0.39 is 0 Å². The summed E-state index contributed by atoms with van der Waals surface area (Å²) in [5.74, 6) is 1.04. The fourth-order valence-electron chi connectivity index (χ4n) is 3.27. The third-order valence-corrected chi connectivity index (χ3v) is 5.60. The molecule has 0 atom stereocenters. The van der Waals surface area contributed by atoms with E-state index in [-0.39, 0.29) is 5.91 Å². The number of carbonyl (C=O) groups is 1. The molecule has 1 aliphatic heterocycles. The van der Waals surface area contributed by atoms with Crippen molar-refractivity contribution < 1.29 is 9.53 Å². The average molecular weight is 395 g/mol. The number of rotatable bonds is 6. The third-order valence-electron chi connectivity index (χ3n) is 4.70. The second-order valence-corrected chi connectivity index (χ2v) is 7.65. The van der Waals surface area contributed by atoms with E-state index in [1.807, 2.05) is 47.8 Å². The summed E-state index contributed by atoms with van der Waals surface area (Å²) < 4.78 is 5.23. The summed E-state index contributed by atoms with van der Waals surface area (Å²) in [6.45, 7) is 2.33. The van der Waals surface area contributed by atoms with E-state index in [1.165, 1.54) is 0 Å². The highest BCUT2D eigenvalue weighted by atomic mass is 32.1. The molecule has 1 N–H and O–H groups in total. The van der Waals surface area contributed by atoms with Crippen LogP contribution in [0, 0.1) is 0 Å². The van der Waals surface area contributed by atoms with Crippen LogP contribution in [-0.2, 0) is 4.79 Å². The SMILES string of the molecule is COc1ccc(-c2cc(-c3cccs3)nc(NC(=O)CN3CCCC3)n2)cc1. The molecule has 1 amide bonds. The van der Waals surface area contributed by atoms with Crippen molar-refractivity contribution in [3.05, 3.63) is 47.8 Å². The highest BCUT2D eigenvalue weighted by molar-refractivity contribution is 7.13. The number of ether oxygens (including phenoxy) is 1. The van der Waals surface area contributed by atoms with Gasteiger partial charge in [-0.05, 0) is 67.7 Å². The second kappa shape index (κ2) is 8.50. The van der Waals surface area contributed by atoms with Gasteiger partial charge >= 0.3 is 0 Å². The first-order chi connectivity index (χ1) is 13.7. The predicted molar refractivity (Wildman–Crippen MR) is 112 cm³/mol. The van der Waals surface area contributed by atoms with Gasteiger partial charge in [0.1, 0.15) is 5.75 Å². The average Bonchev–Trinajstić information content (AvgIpc) is 3.42. The van der Waals surface area contributed by atoms with Crippen molar-refractivity contribution in [3.63, 3.8) is 0 Å². The number of amides is 1. The van der Waals surface area contributed by atoms with Gasteiger partial charge in [0, 0.05) is 5.56 Å². The molecular formula is C21H22N4O2S. The number of benzene rings is 1. The van der Waals surface area contributed by atoms with Crippen molar-refractivity contribution in [3.8, 4) is 27.6 Å². The number of nitrogens with zero attached hydrogens (tertiary/aromatic N) is 3. The molecule has 0 bridgehead atoms. The fourth-order valence-corrected chi connectivity index (χ4v) is 3.96. The number of carbonyl (C=O) groups excluding carboxylic acids is 1. The monoisotopic (exact) mass is 394 g/mol. The van der Waals surface area contributed by atoms with Gasteiger partial charge in [-0.25, -0.2) is 9.97 Å². The highest BCUT2D eigenvalue weighted by Crippen LogP contribution is 2.29. The van der Waals surface area contributed by atoms with Crippen LogP contribution < -0.4 is 10.1 Å². The first-order valence-corrected chi connectivity index (χ1v) is 10.2. The van der Waals surface area contributed by atoms with Crippen molar-refractivity contribution in [1.82, 2.24) is 14.9 Å². The minimum Gasteiger partial charge on any atom is -0.497 e. The van der Waals surface area contributed by atoms with Crippen molar-refractivity contribution in [2.24, 2.45) is 0 Å². The smallest absolute Gasteiger partial charge is 0.240 e. The van der Waals surface area contributed by atoms with Gasteiger partial charge in [-0.1, -0.05) is 6.07 Å². The molecule has 0 spiro atoms. The van der Waals surface area contributed by atoms with Gasteiger partial charge < -0.3 is 4.74 Å². The lowest BCUT2D eigenvalue weighted by Crippen LogP contribution is -2.31. The van der Waals surface area contributed by atoms with Gasteiger partial charge in [-0.3, -0.25) is 15.0 Å². The van der Waals surface area contributed by atoms with Gasteiger partial charge in [0.25, 0.3) is 0 Å². The first kappa shape index (κ1) is 18.6. The van der Waals surface area contributed by atoms with Gasteiger partial charge in [0.2, 0.25) is 11.9 Å². The van der Waals surface area contributed by atoms with Crippen LogP contribution in [-0.4, -0.2) is 47.5 Å². The Balaban J connectivity index is 1.62. The number of likely N-dealkylation sites (tertiary alicyclic amines) is 1. The molecule has 1 aromatic carbocycles. The Hall–Kier alpha value is -2.77. The highest BCUT2D eigenvalue weighted by Gasteiger charge is 2.17. The third kappa shape index (κ3) is 4.37. The molecule has 1 aliphatic rings.